The molecule has 0 aromatic heterocycles. The Morgan fingerprint density at radius 3 is 1.60 bits per heavy atom. The number of hydrogen-bond donors (Lipinski definition) is 3. The average molecular weight is 386 g/mol. The lowest BCUT2D eigenvalue weighted by atomic mass is 10.0. The first-order chi connectivity index (χ1) is 11.8. The van der Waals surface area contributed by atoms with Crippen LogP contribution in [0.3, 0.4) is 0 Å². The highest BCUT2D eigenvalue weighted by molar-refractivity contribution is 7.90. The van der Waals surface area contributed by atoms with E-state index in [4.69, 9.17) is 0 Å². The van der Waals surface area contributed by atoms with Crippen LogP contribution in [0.1, 0.15) is 38.5 Å². The molecule has 7 nitrogen and oxygen atoms in total. The quantitative estimate of drug-likeness (QED) is 0.668. The zero-order valence-corrected chi connectivity index (χ0v) is 15.4. The fourth-order valence-electron chi connectivity index (χ4n) is 3.73. The highest BCUT2D eigenvalue weighted by atomic mass is 32.2. The minimum atomic E-state index is -3.64. The van der Waals surface area contributed by atoms with Gasteiger partial charge >= 0.3 is 0 Å². The SMILES string of the molecule is O=S(=O)(NC1CC1)c1ccc(S(=O)(=O)NC2CC3CCC(C2)N3)cc1. The van der Waals surface area contributed by atoms with Crippen LogP contribution in [0.4, 0.5) is 0 Å². The van der Waals surface area contributed by atoms with Crippen LogP contribution in [-0.4, -0.2) is 41.0 Å². The molecule has 9 heteroatoms. The molecule has 1 aliphatic carbocycles. The largest absolute Gasteiger partial charge is 0.311 e. The van der Waals surface area contributed by atoms with E-state index in [-0.39, 0.29) is 21.9 Å². The van der Waals surface area contributed by atoms with Crippen molar-refractivity contribution in [1.29, 1.82) is 0 Å². The second-order valence-electron chi connectivity index (χ2n) is 7.29. The van der Waals surface area contributed by atoms with Crippen molar-refractivity contribution in [2.24, 2.45) is 0 Å². The molecule has 1 aromatic rings. The standard InChI is InChI=1S/C16H23N3O4S2/c20-24(21,18-11-1-2-11)15-5-7-16(8-6-15)25(22,23)19-14-9-12-3-4-13(10-14)17-12/h5-8,11-14,17-19H,1-4,9-10H2. The number of benzene rings is 1. The van der Waals surface area contributed by atoms with Crippen molar-refractivity contribution in [3.63, 3.8) is 0 Å². The van der Waals surface area contributed by atoms with Crippen LogP contribution in [0.5, 0.6) is 0 Å². The Morgan fingerprint density at radius 2 is 1.16 bits per heavy atom. The normalized spacial score (nSPS) is 29.7. The van der Waals surface area contributed by atoms with E-state index in [0.717, 1.165) is 38.5 Å². The van der Waals surface area contributed by atoms with Crippen molar-refractivity contribution >= 4 is 20.0 Å². The fourth-order valence-corrected chi connectivity index (χ4v) is 6.29. The summed E-state index contributed by atoms with van der Waals surface area (Å²) in [6.45, 7) is 0. The lowest BCUT2D eigenvalue weighted by molar-refractivity contribution is 0.345. The lowest BCUT2D eigenvalue weighted by Crippen LogP contribution is -2.47. The molecule has 4 rings (SSSR count). The molecule has 2 unspecified atom stereocenters. The Kier molecular flexibility index (Phi) is 4.40. The summed E-state index contributed by atoms with van der Waals surface area (Å²) >= 11 is 0. The van der Waals surface area contributed by atoms with Gasteiger partial charge in [-0.15, -0.1) is 0 Å². The van der Waals surface area contributed by atoms with E-state index in [2.05, 4.69) is 14.8 Å². The monoisotopic (exact) mass is 385 g/mol. The van der Waals surface area contributed by atoms with E-state index in [1.54, 1.807) is 0 Å². The van der Waals surface area contributed by atoms with Crippen LogP contribution in [0.2, 0.25) is 0 Å². The van der Waals surface area contributed by atoms with E-state index in [1.165, 1.54) is 24.3 Å². The van der Waals surface area contributed by atoms with Gasteiger partial charge in [0, 0.05) is 24.2 Å². The molecule has 2 heterocycles. The molecule has 1 saturated carbocycles. The van der Waals surface area contributed by atoms with E-state index in [1.807, 2.05) is 0 Å². The number of nitrogens with one attached hydrogen (secondary N) is 3. The van der Waals surface area contributed by atoms with Gasteiger partial charge in [0.2, 0.25) is 20.0 Å². The molecule has 0 radical (unpaired) electrons. The summed E-state index contributed by atoms with van der Waals surface area (Å²) in [5.41, 5.74) is 0. The van der Waals surface area contributed by atoms with Gasteiger partial charge in [-0.25, -0.2) is 26.3 Å². The number of fused-ring (bicyclic) bond motifs is 2. The van der Waals surface area contributed by atoms with Gasteiger partial charge in [-0.2, -0.15) is 0 Å². The second kappa shape index (κ2) is 6.31. The Hall–Kier alpha value is -1.00. The predicted molar refractivity (Wildman–Crippen MR) is 93.1 cm³/mol. The molecule has 2 saturated heterocycles. The highest BCUT2D eigenvalue weighted by Crippen LogP contribution is 2.28. The molecule has 25 heavy (non-hydrogen) atoms. The molecule has 2 atom stereocenters. The third-order valence-electron chi connectivity index (χ3n) is 5.14. The van der Waals surface area contributed by atoms with Crippen molar-refractivity contribution in [3.05, 3.63) is 24.3 Å². The van der Waals surface area contributed by atoms with E-state index in [9.17, 15) is 16.8 Å². The summed E-state index contributed by atoms with van der Waals surface area (Å²) in [5.74, 6) is 0. The molecule has 1 aromatic carbocycles. The molecule has 3 fully saturated rings. The average Bonchev–Trinajstić information content (AvgIpc) is 3.29. The lowest BCUT2D eigenvalue weighted by Gasteiger charge is -2.29. The number of sulfonamides is 2. The molecule has 2 aliphatic heterocycles. The summed E-state index contributed by atoms with van der Waals surface area (Å²) in [5, 5.41) is 3.48. The van der Waals surface area contributed by atoms with Crippen molar-refractivity contribution in [3.8, 4) is 0 Å². The van der Waals surface area contributed by atoms with Gasteiger partial charge in [0.15, 0.2) is 0 Å². The first-order valence-electron chi connectivity index (χ1n) is 8.73. The van der Waals surface area contributed by atoms with Gasteiger partial charge in [0.1, 0.15) is 0 Å². The van der Waals surface area contributed by atoms with Crippen LogP contribution in [0, 0.1) is 0 Å². The molecule has 2 bridgehead atoms. The molecule has 0 amide bonds. The molecular weight excluding hydrogens is 362 g/mol. The highest BCUT2D eigenvalue weighted by Gasteiger charge is 2.35. The van der Waals surface area contributed by atoms with Crippen molar-refractivity contribution in [2.75, 3.05) is 0 Å². The fraction of sp³-hybridized carbons (Fsp3) is 0.625. The number of rotatable bonds is 6. The van der Waals surface area contributed by atoms with Gasteiger partial charge in [-0.05, 0) is 62.8 Å². The summed E-state index contributed by atoms with van der Waals surface area (Å²) in [6.07, 6.45) is 5.51. The van der Waals surface area contributed by atoms with Gasteiger partial charge in [0.25, 0.3) is 0 Å². The zero-order valence-electron chi connectivity index (χ0n) is 13.8. The minimum Gasteiger partial charge on any atom is -0.311 e. The maximum atomic E-state index is 12.6. The minimum absolute atomic E-state index is 0.0188. The molecule has 0 spiro atoms. The van der Waals surface area contributed by atoms with Crippen molar-refractivity contribution in [1.82, 2.24) is 14.8 Å². The van der Waals surface area contributed by atoms with Crippen LogP contribution < -0.4 is 14.8 Å². The van der Waals surface area contributed by atoms with Crippen LogP contribution in [0.15, 0.2) is 34.1 Å². The Balaban J connectivity index is 1.46. The molecule has 3 aliphatic rings. The van der Waals surface area contributed by atoms with Gasteiger partial charge < -0.3 is 5.32 Å². The first kappa shape index (κ1) is 17.4. The Bertz CT molecular complexity index is 836. The Labute approximate surface area is 148 Å². The Morgan fingerprint density at radius 1 is 0.720 bits per heavy atom. The maximum Gasteiger partial charge on any atom is 0.240 e. The van der Waals surface area contributed by atoms with Gasteiger partial charge in [-0.1, -0.05) is 0 Å². The number of piperidine rings is 1. The summed E-state index contributed by atoms with van der Waals surface area (Å²) < 4.78 is 54.9. The van der Waals surface area contributed by atoms with Crippen molar-refractivity contribution < 1.29 is 16.8 Å². The third-order valence-corrected chi connectivity index (χ3v) is 8.21. The van der Waals surface area contributed by atoms with Crippen LogP contribution >= 0.6 is 0 Å². The van der Waals surface area contributed by atoms with Crippen molar-refractivity contribution in [2.45, 2.75) is 72.5 Å². The van der Waals surface area contributed by atoms with E-state index in [0.29, 0.717) is 12.1 Å². The molecule has 138 valence electrons. The summed E-state index contributed by atoms with van der Waals surface area (Å²) in [6, 6.07) is 6.17. The van der Waals surface area contributed by atoms with Gasteiger partial charge in [0.05, 0.1) is 9.79 Å². The molecular formula is C16H23N3O4S2. The maximum absolute atomic E-state index is 12.6. The number of hydrogen-bond acceptors (Lipinski definition) is 5. The summed E-state index contributed by atoms with van der Waals surface area (Å²) in [4.78, 5) is 0.196. The smallest absolute Gasteiger partial charge is 0.240 e. The van der Waals surface area contributed by atoms with Gasteiger partial charge in [-0.3, -0.25) is 0 Å². The van der Waals surface area contributed by atoms with Crippen LogP contribution in [0.25, 0.3) is 0 Å². The molecule has 3 N–H and O–H groups in total. The topological polar surface area (TPSA) is 104 Å². The summed E-state index contributed by atoms with van der Waals surface area (Å²) in [7, 11) is -7.21. The van der Waals surface area contributed by atoms with E-state index >= 15 is 0 Å². The zero-order chi connectivity index (χ0) is 17.7. The predicted octanol–water partition coefficient (Wildman–Crippen LogP) is 0.689. The second-order valence-corrected chi connectivity index (χ2v) is 10.7. The first-order valence-corrected chi connectivity index (χ1v) is 11.7. The third kappa shape index (κ3) is 3.90. The van der Waals surface area contributed by atoms with Crippen LogP contribution in [-0.2, 0) is 20.0 Å². The van der Waals surface area contributed by atoms with E-state index < -0.39 is 20.0 Å².